The Morgan fingerprint density at radius 2 is 1.93 bits per heavy atom. The first kappa shape index (κ1) is 22.1. The van der Waals surface area contributed by atoms with E-state index in [1.54, 1.807) is 36.0 Å². The summed E-state index contributed by atoms with van der Waals surface area (Å²) in [6.07, 6.45) is 4.48. The molecule has 2 aromatic heterocycles. The first-order valence-electron chi connectivity index (χ1n) is 8.94. The van der Waals surface area contributed by atoms with Crippen LogP contribution >= 0.6 is 23.5 Å². The number of aromatic amines is 1. The molecule has 0 fully saturated rings. The number of hydrogen-bond donors (Lipinski definition) is 3. The molecule has 0 radical (unpaired) electrons. The Labute approximate surface area is 173 Å². The molecule has 2 aromatic rings. The summed E-state index contributed by atoms with van der Waals surface area (Å²) in [5.74, 6) is 3.79. The van der Waals surface area contributed by atoms with Crippen molar-refractivity contribution in [1.29, 1.82) is 0 Å². The molecule has 0 saturated heterocycles. The molecule has 2 heterocycles. The Hall–Kier alpha value is -2.20. The number of hydrogen-bond acceptors (Lipinski definition) is 8. The minimum Gasteiger partial charge on any atom is -0.366 e. The van der Waals surface area contributed by atoms with E-state index in [0.717, 1.165) is 46.3 Å². The zero-order valence-corrected chi connectivity index (χ0v) is 17.7. The number of aryl methyl sites for hydroxylation is 2. The molecule has 2 rings (SSSR count). The van der Waals surface area contributed by atoms with Gasteiger partial charge in [-0.25, -0.2) is 4.98 Å². The molecule has 28 heavy (non-hydrogen) atoms. The van der Waals surface area contributed by atoms with Gasteiger partial charge in [0.2, 0.25) is 0 Å². The summed E-state index contributed by atoms with van der Waals surface area (Å²) in [5.41, 5.74) is 4.39. The highest BCUT2D eigenvalue weighted by Crippen LogP contribution is 2.13. The van der Waals surface area contributed by atoms with Crippen molar-refractivity contribution in [2.45, 2.75) is 25.4 Å². The van der Waals surface area contributed by atoms with E-state index >= 15 is 0 Å². The zero-order chi connectivity index (χ0) is 20.2. The fraction of sp³-hybridized carbons (Fsp3) is 0.444. The third-order valence-electron chi connectivity index (χ3n) is 3.89. The molecule has 0 atom stereocenters. The molecule has 0 saturated carbocycles. The summed E-state index contributed by atoms with van der Waals surface area (Å²) in [7, 11) is 0. The third-order valence-corrected chi connectivity index (χ3v) is 5.85. The van der Waals surface area contributed by atoms with Crippen LogP contribution in [0.15, 0.2) is 36.7 Å². The summed E-state index contributed by atoms with van der Waals surface area (Å²) in [6.45, 7) is 5.31. The number of thioether (sulfide) groups is 2. The number of rotatable bonds is 13. The van der Waals surface area contributed by atoms with Crippen molar-refractivity contribution < 1.29 is 4.92 Å². The van der Waals surface area contributed by atoms with E-state index in [1.165, 1.54) is 5.56 Å². The van der Waals surface area contributed by atoms with Crippen LogP contribution in [0, 0.1) is 24.0 Å². The van der Waals surface area contributed by atoms with Gasteiger partial charge in [-0.1, -0.05) is 6.07 Å². The summed E-state index contributed by atoms with van der Waals surface area (Å²) < 4.78 is 0. The van der Waals surface area contributed by atoms with Gasteiger partial charge in [0.25, 0.3) is 6.20 Å². The first-order chi connectivity index (χ1) is 13.6. The van der Waals surface area contributed by atoms with Gasteiger partial charge in [0.1, 0.15) is 0 Å². The number of imidazole rings is 1. The smallest absolute Gasteiger partial charge is 0.274 e. The fourth-order valence-corrected chi connectivity index (χ4v) is 4.10. The van der Waals surface area contributed by atoms with Crippen LogP contribution in [0.4, 0.5) is 0 Å². The van der Waals surface area contributed by atoms with E-state index in [-0.39, 0.29) is 0 Å². The minimum atomic E-state index is -0.444. The maximum Gasteiger partial charge on any atom is 0.274 e. The largest absolute Gasteiger partial charge is 0.366 e. The average molecular weight is 423 g/mol. The molecule has 10 heteroatoms. The lowest BCUT2D eigenvalue weighted by atomic mass is 10.2. The Bertz CT molecular complexity index is 781. The van der Waals surface area contributed by atoms with E-state index in [4.69, 9.17) is 0 Å². The maximum atomic E-state index is 10.8. The standard InChI is InChI=1S/C18H26N6O2S2/c1-14-4-3-5-19-16(14)11-27-8-6-20-18(10-24(25)26)21-7-9-28-12-17-15(2)22-13-23-17/h3-5,10,13,20-21H,6-9,11-12H2,1-2H3,(H,22,23). The third kappa shape index (κ3) is 8.22. The average Bonchev–Trinajstić information content (AvgIpc) is 3.06. The number of nitrogens with one attached hydrogen (secondary N) is 3. The highest BCUT2D eigenvalue weighted by atomic mass is 32.2. The molecule has 8 nitrogen and oxygen atoms in total. The molecule has 152 valence electrons. The van der Waals surface area contributed by atoms with Crippen LogP contribution in [0.1, 0.15) is 22.6 Å². The van der Waals surface area contributed by atoms with Crippen molar-refractivity contribution in [3.05, 3.63) is 69.4 Å². The van der Waals surface area contributed by atoms with Crippen LogP contribution in [-0.4, -0.2) is 44.5 Å². The van der Waals surface area contributed by atoms with Crippen molar-refractivity contribution in [2.24, 2.45) is 0 Å². The van der Waals surface area contributed by atoms with Gasteiger partial charge in [-0.15, -0.1) is 0 Å². The molecule has 0 unspecified atom stereocenters. The highest BCUT2D eigenvalue weighted by molar-refractivity contribution is 7.98. The SMILES string of the molecule is Cc1cccnc1CSCCNC(=C[N+](=O)[O-])NCCSCc1[nH]cnc1C. The lowest BCUT2D eigenvalue weighted by Gasteiger charge is -2.11. The molecule has 0 bridgehead atoms. The molecule has 0 spiro atoms. The second kappa shape index (κ2) is 12.3. The predicted molar refractivity (Wildman–Crippen MR) is 116 cm³/mol. The van der Waals surface area contributed by atoms with Gasteiger partial charge >= 0.3 is 0 Å². The zero-order valence-electron chi connectivity index (χ0n) is 16.1. The van der Waals surface area contributed by atoms with Gasteiger partial charge < -0.3 is 15.6 Å². The van der Waals surface area contributed by atoms with Crippen LogP contribution in [0.25, 0.3) is 0 Å². The Balaban J connectivity index is 1.63. The van der Waals surface area contributed by atoms with Gasteiger partial charge in [-0.3, -0.25) is 15.1 Å². The quantitative estimate of drug-likeness (QED) is 0.257. The first-order valence-corrected chi connectivity index (χ1v) is 11.2. The number of nitrogens with zero attached hydrogens (tertiary/aromatic N) is 3. The molecule has 0 aliphatic heterocycles. The summed E-state index contributed by atoms with van der Waals surface area (Å²) in [4.78, 5) is 22.0. The van der Waals surface area contributed by atoms with E-state index in [2.05, 4.69) is 38.6 Å². The molecular formula is C18H26N6O2S2. The van der Waals surface area contributed by atoms with Crippen LogP contribution in [-0.2, 0) is 11.5 Å². The van der Waals surface area contributed by atoms with Gasteiger partial charge in [-0.2, -0.15) is 23.5 Å². The van der Waals surface area contributed by atoms with Crippen molar-refractivity contribution in [3.63, 3.8) is 0 Å². The van der Waals surface area contributed by atoms with Gasteiger partial charge in [0, 0.05) is 48.0 Å². The molecule has 0 aromatic carbocycles. The molecule has 3 N–H and O–H groups in total. The minimum absolute atomic E-state index is 0.443. The topological polar surface area (TPSA) is 109 Å². The number of H-pyrrole nitrogens is 1. The second-order valence-electron chi connectivity index (χ2n) is 6.02. The van der Waals surface area contributed by atoms with E-state index < -0.39 is 4.92 Å². The molecule has 0 amide bonds. The molecular weight excluding hydrogens is 396 g/mol. The van der Waals surface area contributed by atoms with Crippen LogP contribution in [0.3, 0.4) is 0 Å². The fourth-order valence-electron chi connectivity index (χ4n) is 2.32. The number of pyridine rings is 1. The highest BCUT2D eigenvalue weighted by Gasteiger charge is 2.04. The summed E-state index contributed by atoms with van der Waals surface area (Å²) >= 11 is 3.50. The van der Waals surface area contributed by atoms with E-state index in [1.807, 2.05) is 13.0 Å². The lowest BCUT2D eigenvalue weighted by molar-refractivity contribution is -0.404. The van der Waals surface area contributed by atoms with Crippen molar-refractivity contribution in [1.82, 2.24) is 25.6 Å². The van der Waals surface area contributed by atoms with E-state index in [0.29, 0.717) is 18.9 Å². The Morgan fingerprint density at radius 3 is 2.54 bits per heavy atom. The summed E-state index contributed by atoms with van der Waals surface area (Å²) in [5, 5.41) is 17.0. The molecule has 0 aliphatic carbocycles. The van der Waals surface area contributed by atoms with Crippen LogP contribution in [0.2, 0.25) is 0 Å². The van der Waals surface area contributed by atoms with Crippen molar-refractivity contribution in [2.75, 3.05) is 24.6 Å². The lowest BCUT2D eigenvalue weighted by Crippen LogP contribution is -2.30. The molecule has 0 aliphatic rings. The maximum absolute atomic E-state index is 10.8. The van der Waals surface area contributed by atoms with Crippen molar-refractivity contribution in [3.8, 4) is 0 Å². The van der Waals surface area contributed by atoms with Gasteiger partial charge in [-0.05, 0) is 25.5 Å². The van der Waals surface area contributed by atoms with Crippen LogP contribution in [0.5, 0.6) is 0 Å². The Morgan fingerprint density at radius 1 is 1.21 bits per heavy atom. The monoisotopic (exact) mass is 422 g/mol. The summed E-state index contributed by atoms with van der Waals surface area (Å²) in [6, 6.07) is 3.98. The van der Waals surface area contributed by atoms with Crippen LogP contribution < -0.4 is 10.6 Å². The van der Waals surface area contributed by atoms with Gasteiger partial charge in [0.05, 0.1) is 22.6 Å². The predicted octanol–water partition coefficient (Wildman–Crippen LogP) is 2.84. The van der Waals surface area contributed by atoms with Gasteiger partial charge in [0.15, 0.2) is 5.82 Å². The van der Waals surface area contributed by atoms with Crippen molar-refractivity contribution >= 4 is 23.5 Å². The normalized spacial score (nSPS) is 11.4. The number of nitro groups is 1. The Kier molecular flexibility index (Phi) is 9.70. The number of aromatic nitrogens is 3. The second-order valence-corrected chi connectivity index (χ2v) is 8.23. The van der Waals surface area contributed by atoms with E-state index in [9.17, 15) is 10.1 Å².